The van der Waals surface area contributed by atoms with Gasteiger partial charge in [0.2, 0.25) is 5.91 Å². The lowest BCUT2D eigenvalue weighted by Gasteiger charge is -2.15. The molecule has 3 N–H and O–H groups in total. The van der Waals surface area contributed by atoms with Crippen molar-refractivity contribution < 1.29 is 23.4 Å². The summed E-state index contributed by atoms with van der Waals surface area (Å²) in [7, 11) is 1.56. The molecule has 5 rings (SSSR count). The number of benzene rings is 3. The average Bonchev–Trinajstić information content (AvgIpc) is 3.63. The number of aromatic nitrogens is 1. The molecule has 4 aromatic rings. The predicted octanol–water partition coefficient (Wildman–Crippen LogP) is 5.18. The third kappa shape index (κ3) is 4.88. The summed E-state index contributed by atoms with van der Waals surface area (Å²) >= 11 is 0. The Hall–Kier alpha value is -4.17. The van der Waals surface area contributed by atoms with E-state index in [-0.39, 0.29) is 11.7 Å². The topological polar surface area (TPSA) is 95.7 Å². The highest BCUT2D eigenvalue weighted by atomic mass is 19.1. The van der Waals surface area contributed by atoms with Crippen LogP contribution in [0.4, 0.5) is 10.1 Å². The lowest BCUT2D eigenvalue weighted by atomic mass is 10.1. The van der Waals surface area contributed by atoms with Crippen LogP contribution in [0.5, 0.6) is 23.0 Å². The first-order valence-electron chi connectivity index (χ1n) is 11.2. The number of ether oxygens (including phenoxy) is 3. The predicted molar refractivity (Wildman–Crippen MR) is 130 cm³/mol. The maximum atomic E-state index is 14.8. The van der Waals surface area contributed by atoms with Crippen LogP contribution in [0.15, 0.2) is 72.9 Å². The Morgan fingerprint density at radius 1 is 1.03 bits per heavy atom. The van der Waals surface area contributed by atoms with Gasteiger partial charge in [0.1, 0.15) is 12.4 Å². The van der Waals surface area contributed by atoms with Crippen LogP contribution in [-0.4, -0.2) is 23.5 Å². The molecule has 1 aliphatic carbocycles. The smallest absolute Gasteiger partial charge is 0.244 e. The minimum Gasteiger partial charge on any atom is -0.493 e. The minimum atomic E-state index is -0.844. The molecule has 3 aromatic carbocycles. The number of nitrogens with two attached hydrogens (primary N) is 1. The highest BCUT2D eigenvalue weighted by Crippen LogP contribution is 2.38. The van der Waals surface area contributed by atoms with Crippen LogP contribution in [-0.2, 0) is 11.4 Å². The Bertz CT molecular complexity index is 1390. The van der Waals surface area contributed by atoms with E-state index in [0.29, 0.717) is 53.3 Å². The third-order valence-corrected chi connectivity index (χ3v) is 5.87. The second-order valence-corrected chi connectivity index (χ2v) is 8.46. The van der Waals surface area contributed by atoms with Crippen molar-refractivity contribution in [2.45, 2.75) is 25.0 Å². The SMILES string of the molecule is COc1cc2nccc(Oc3ccc(NC(=O)C4(N)CC4)cc3F)c2cc1OCc1ccccc1. The second kappa shape index (κ2) is 9.23. The molecule has 0 aliphatic heterocycles. The molecule has 0 saturated heterocycles. The molecule has 0 unspecified atom stereocenters. The summed E-state index contributed by atoms with van der Waals surface area (Å²) in [6, 6.07) is 19.2. The molecule has 1 aliphatic rings. The van der Waals surface area contributed by atoms with Gasteiger partial charge in [-0.1, -0.05) is 30.3 Å². The number of hydrogen-bond acceptors (Lipinski definition) is 6. The Balaban J connectivity index is 1.40. The molecular formula is C27H24FN3O4. The highest BCUT2D eigenvalue weighted by molar-refractivity contribution is 6.00. The Labute approximate surface area is 201 Å². The van der Waals surface area contributed by atoms with E-state index >= 15 is 0 Å². The number of nitrogens with one attached hydrogen (secondary N) is 1. The van der Waals surface area contributed by atoms with Crippen LogP contribution < -0.4 is 25.3 Å². The second-order valence-electron chi connectivity index (χ2n) is 8.46. The summed E-state index contributed by atoms with van der Waals surface area (Å²) < 4.78 is 32.2. The summed E-state index contributed by atoms with van der Waals surface area (Å²) in [6.07, 6.45) is 2.82. The molecule has 1 amide bonds. The van der Waals surface area contributed by atoms with E-state index in [9.17, 15) is 9.18 Å². The zero-order valence-corrected chi connectivity index (χ0v) is 19.1. The van der Waals surface area contributed by atoms with Crippen LogP contribution in [0.2, 0.25) is 0 Å². The fraction of sp³-hybridized carbons (Fsp3) is 0.185. The number of rotatable bonds is 8. The summed E-state index contributed by atoms with van der Waals surface area (Å²) in [5, 5.41) is 3.29. The first-order valence-corrected chi connectivity index (χ1v) is 11.2. The number of amides is 1. The van der Waals surface area contributed by atoms with Gasteiger partial charge in [-0.15, -0.1) is 0 Å². The number of carbonyl (C=O) groups excluding carboxylic acids is 1. The van der Waals surface area contributed by atoms with Crippen LogP contribution in [0, 0.1) is 5.82 Å². The molecule has 0 radical (unpaired) electrons. The van der Waals surface area contributed by atoms with Crippen LogP contribution in [0.1, 0.15) is 18.4 Å². The monoisotopic (exact) mass is 473 g/mol. The average molecular weight is 474 g/mol. The van der Waals surface area contributed by atoms with Gasteiger partial charge in [-0.05, 0) is 42.7 Å². The number of pyridine rings is 1. The number of anilines is 1. The van der Waals surface area contributed by atoms with Gasteiger partial charge in [0.25, 0.3) is 0 Å². The van der Waals surface area contributed by atoms with Crippen LogP contribution in [0.3, 0.4) is 0 Å². The lowest BCUT2D eigenvalue weighted by molar-refractivity contribution is -0.118. The third-order valence-electron chi connectivity index (χ3n) is 5.87. The molecule has 1 saturated carbocycles. The first kappa shape index (κ1) is 22.6. The minimum absolute atomic E-state index is 0.00644. The maximum absolute atomic E-state index is 14.8. The van der Waals surface area contributed by atoms with Crippen LogP contribution >= 0.6 is 0 Å². The van der Waals surface area contributed by atoms with Gasteiger partial charge in [-0.2, -0.15) is 0 Å². The molecule has 178 valence electrons. The highest BCUT2D eigenvalue weighted by Gasteiger charge is 2.45. The molecule has 35 heavy (non-hydrogen) atoms. The van der Waals surface area contributed by atoms with E-state index in [1.165, 1.54) is 12.1 Å². The summed E-state index contributed by atoms with van der Waals surface area (Å²) in [5.74, 6) is 0.504. The Morgan fingerprint density at radius 2 is 1.83 bits per heavy atom. The lowest BCUT2D eigenvalue weighted by Crippen LogP contribution is -2.37. The molecular weight excluding hydrogens is 449 g/mol. The molecule has 1 fully saturated rings. The quantitative estimate of drug-likeness (QED) is 0.366. The van der Waals surface area contributed by atoms with Crippen LogP contribution in [0.25, 0.3) is 10.9 Å². The maximum Gasteiger partial charge on any atom is 0.244 e. The van der Waals surface area contributed by atoms with E-state index < -0.39 is 11.4 Å². The summed E-state index contributed by atoms with van der Waals surface area (Å²) in [6.45, 7) is 0.352. The number of halogens is 1. The summed E-state index contributed by atoms with van der Waals surface area (Å²) in [5.41, 5.74) is 6.98. The van der Waals surface area contributed by atoms with E-state index in [2.05, 4.69) is 10.3 Å². The number of methoxy groups -OCH3 is 1. The van der Waals surface area contributed by atoms with Gasteiger partial charge >= 0.3 is 0 Å². The van der Waals surface area contributed by atoms with E-state index in [4.69, 9.17) is 19.9 Å². The van der Waals surface area contributed by atoms with Crippen molar-refractivity contribution in [3.63, 3.8) is 0 Å². The molecule has 0 spiro atoms. The largest absolute Gasteiger partial charge is 0.493 e. The fourth-order valence-electron chi connectivity index (χ4n) is 3.62. The van der Waals surface area contributed by atoms with E-state index in [1.54, 1.807) is 37.6 Å². The van der Waals surface area contributed by atoms with Crippen molar-refractivity contribution in [1.29, 1.82) is 0 Å². The first-order chi connectivity index (χ1) is 16.9. The van der Waals surface area contributed by atoms with Crippen molar-refractivity contribution >= 4 is 22.5 Å². The number of hydrogen-bond donors (Lipinski definition) is 2. The fourth-order valence-corrected chi connectivity index (χ4v) is 3.62. The van der Waals surface area contributed by atoms with E-state index in [1.807, 2.05) is 30.3 Å². The van der Waals surface area contributed by atoms with E-state index in [0.717, 1.165) is 5.56 Å². The van der Waals surface area contributed by atoms with Gasteiger partial charge < -0.3 is 25.3 Å². The zero-order valence-electron chi connectivity index (χ0n) is 19.1. The Morgan fingerprint density at radius 3 is 2.54 bits per heavy atom. The normalized spacial score (nSPS) is 13.8. The van der Waals surface area contributed by atoms with Gasteiger partial charge in [0.05, 0.1) is 18.2 Å². The van der Waals surface area contributed by atoms with Crippen molar-refractivity contribution in [2.75, 3.05) is 12.4 Å². The number of nitrogens with zero attached hydrogens (tertiary/aromatic N) is 1. The molecule has 0 atom stereocenters. The number of carbonyl (C=O) groups is 1. The molecule has 1 aromatic heterocycles. The van der Waals surface area contributed by atoms with Crippen molar-refractivity contribution in [1.82, 2.24) is 4.98 Å². The van der Waals surface area contributed by atoms with Gasteiger partial charge in [0, 0.05) is 29.4 Å². The van der Waals surface area contributed by atoms with Gasteiger partial charge in [-0.3, -0.25) is 9.78 Å². The molecule has 1 heterocycles. The molecule has 0 bridgehead atoms. The molecule has 7 nitrogen and oxygen atoms in total. The van der Waals surface area contributed by atoms with Gasteiger partial charge in [0.15, 0.2) is 23.1 Å². The van der Waals surface area contributed by atoms with Crippen molar-refractivity contribution in [2.24, 2.45) is 5.73 Å². The molecule has 8 heteroatoms. The zero-order chi connectivity index (χ0) is 24.4. The Kier molecular flexibility index (Phi) is 5.96. The number of fused-ring (bicyclic) bond motifs is 1. The summed E-state index contributed by atoms with van der Waals surface area (Å²) in [4.78, 5) is 16.5. The van der Waals surface area contributed by atoms with Crippen molar-refractivity contribution in [3.8, 4) is 23.0 Å². The van der Waals surface area contributed by atoms with Gasteiger partial charge in [-0.25, -0.2) is 4.39 Å². The van der Waals surface area contributed by atoms with Crippen molar-refractivity contribution in [3.05, 3.63) is 84.3 Å². The standard InChI is InChI=1S/C27H24FN3O4/c1-33-24-15-21-19(14-25(24)34-16-17-5-3-2-4-6-17)22(9-12-30-21)35-23-8-7-18(13-20(23)28)31-26(32)27(29)10-11-27/h2-9,12-15H,10-11,16,29H2,1H3,(H,31,32).